The van der Waals surface area contributed by atoms with E-state index in [-0.39, 0.29) is 31.0 Å². The molecular weight excluding hydrogens is 365 g/mol. The minimum atomic E-state index is -0.580. The lowest BCUT2D eigenvalue weighted by Gasteiger charge is -2.10. The second-order valence-corrected chi connectivity index (χ2v) is 6.54. The van der Waals surface area contributed by atoms with Gasteiger partial charge in [0.2, 0.25) is 5.78 Å². The van der Waals surface area contributed by atoms with Gasteiger partial charge in [-0.25, -0.2) is 9.18 Å². The van der Waals surface area contributed by atoms with Crippen molar-refractivity contribution < 1.29 is 28.2 Å². The maximum atomic E-state index is 13.6. The van der Waals surface area contributed by atoms with Gasteiger partial charge in [0.05, 0.1) is 30.9 Å². The molecule has 0 spiro atoms. The van der Waals surface area contributed by atoms with Gasteiger partial charge in [0, 0.05) is 18.3 Å². The van der Waals surface area contributed by atoms with E-state index in [9.17, 15) is 18.8 Å². The highest BCUT2D eigenvalue weighted by atomic mass is 19.1. The van der Waals surface area contributed by atoms with Gasteiger partial charge >= 0.3 is 11.9 Å². The number of nitrogens with zero attached hydrogens (tertiary/aromatic N) is 1. The summed E-state index contributed by atoms with van der Waals surface area (Å²) >= 11 is 0. The van der Waals surface area contributed by atoms with E-state index in [1.807, 2.05) is 0 Å². The van der Waals surface area contributed by atoms with Crippen LogP contribution >= 0.6 is 0 Å². The first-order valence-corrected chi connectivity index (χ1v) is 9.25. The highest BCUT2D eigenvalue weighted by molar-refractivity contribution is 6.12. The molecule has 0 atom stereocenters. The van der Waals surface area contributed by atoms with Crippen LogP contribution in [0.4, 0.5) is 4.39 Å². The molecular formula is C21H22FNO5. The van der Waals surface area contributed by atoms with Gasteiger partial charge < -0.3 is 14.0 Å². The summed E-state index contributed by atoms with van der Waals surface area (Å²) < 4.78 is 25.4. The lowest BCUT2D eigenvalue weighted by molar-refractivity contribution is -0.142. The van der Waals surface area contributed by atoms with Gasteiger partial charge in [-0.2, -0.15) is 0 Å². The first-order valence-electron chi connectivity index (χ1n) is 9.25. The molecule has 0 N–H and O–H groups in total. The normalized spacial score (nSPS) is 12.8. The fraction of sp³-hybridized carbons (Fsp3) is 0.381. The second kappa shape index (κ2) is 7.96. The summed E-state index contributed by atoms with van der Waals surface area (Å²) in [5.41, 5.74) is 2.48. The van der Waals surface area contributed by atoms with Gasteiger partial charge in [0.25, 0.3) is 0 Å². The summed E-state index contributed by atoms with van der Waals surface area (Å²) in [5.74, 6) is -1.78. The molecule has 6 nitrogen and oxygen atoms in total. The first kappa shape index (κ1) is 19.8. The Hall–Kier alpha value is -2.96. The topological polar surface area (TPSA) is 74.6 Å². The van der Waals surface area contributed by atoms with Crippen LogP contribution in [0, 0.1) is 5.82 Å². The molecule has 0 fully saturated rings. The van der Waals surface area contributed by atoms with E-state index in [0.717, 1.165) is 0 Å². The van der Waals surface area contributed by atoms with E-state index >= 15 is 0 Å². The predicted octanol–water partition coefficient (Wildman–Crippen LogP) is 2.78. The standard InChI is InChI=1S/C21H22FNO5/c1-4-27-17(24)11-16-18(21(26)28-5-2)15-8-6-12-10-13(22)7-9-14(12)20(25)19(15)23(16)3/h7,9-10H,4-6,8,11H2,1-3H3. The SMILES string of the molecule is CCOC(=O)Cc1c(C(=O)OCC)c2c(n1C)C(=O)c1ccc(F)cc1CC2. The van der Waals surface area contributed by atoms with Crippen molar-refractivity contribution in [2.24, 2.45) is 7.05 Å². The van der Waals surface area contributed by atoms with Gasteiger partial charge in [0.1, 0.15) is 5.82 Å². The molecule has 0 saturated heterocycles. The van der Waals surface area contributed by atoms with Crippen LogP contribution < -0.4 is 0 Å². The molecule has 1 aromatic carbocycles. The third-order valence-electron chi connectivity index (χ3n) is 4.88. The molecule has 0 unspecified atom stereocenters. The Morgan fingerprint density at radius 3 is 2.54 bits per heavy atom. The number of hydrogen-bond donors (Lipinski definition) is 0. The Balaban J connectivity index is 2.17. The zero-order chi connectivity index (χ0) is 20.4. The Bertz CT molecular complexity index is 960. The molecule has 28 heavy (non-hydrogen) atoms. The number of rotatable bonds is 5. The molecule has 1 aromatic heterocycles. The molecule has 1 heterocycles. The van der Waals surface area contributed by atoms with Crippen molar-refractivity contribution in [3.63, 3.8) is 0 Å². The fourth-order valence-electron chi connectivity index (χ4n) is 3.71. The number of carbonyl (C=O) groups is 3. The van der Waals surface area contributed by atoms with E-state index in [0.29, 0.717) is 40.9 Å². The largest absolute Gasteiger partial charge is 0.466 e. The summed E-state index contributed by atoms with van der Waals surface area (Å²) in [5, 5.41) is 0. The third-order valence-corrected chi connectivity index (χ3v) is 4.88. The highest BCUT2D eigenvalue weighted by Crippen LogP contribution is 2.32. The molecule has 0 radical (unpaired) electrons. The smallest absolute Gasteiger partial charge is 0.340 e. The molecule has 0 bridgehead atoms. The summed E-state index contributed by atoms with van der Waals surface area (Å²) in [6, 6.07) is 4.06. The zero-order valence-corrected chi connectivity index (χ0v) is 16.1. The van der Waals surface area contributed by atoms with E-state index in [1.165, 1.54) is 18.2 Å². The van der Waals surface area contributed by atoms with Crippen molar-refractivity contribution in [1.29, 1.82) is 0 Å². The van der Waals surface area contributed by atoms with Crippen LogP contribution in [0.1, 0.15) is 57.1 Å². The number of fused-ring (bicyclic) bond motifs is 2. The number of ketones is 1. The van der Waals surface area contributed by atoms with Gasteiger partial charge in [-0.05, 0) is 56.0 Å². The summed E-state index contributed by atoms with van der Waals surface area (Å²) in [7, 11) is 1.64. The van der Waals surface area contributed by atoms with Crippen molar-refractivity contribution in [1.82, 2.24) is 4.57 Å². The van der Waals surface area contributed by atoms with E-state index < -0.39 is 17.8 Å². The number of benzene rings is 1. The number of aryl methyl sites for hydroxylation is 1. The Morgan fingerprint density at radius 2 is 1.86 bits per heavy atom. The Labute approximate surface area is 162 Å². The number of aromatic nitrogens is 1. The van der Waals surface area contributed by atoms with Gasteiger partial charge in [0.15, 0.2) is 0 Å². The van der Waals surface area contributed by atoms with Crippen LogP contribution in [0.25, 0.3) is 0 Å². The lowest BCUT2D eigenvalue weighted by atomic mass is 10.0. The zero-order valence-electron chi connectivity index (χ0n) is 16.1. The lowest BCUT2D eigenvalue weighted by Crippen LogP contribution is -2.16. The van der Waals surface area contributed by atoms with Crippen molar-refractivity contribution in [3.05, 3.63) is 57.7 Å². The van der Waals surface area contributed by atoms with Crippen molar-refractivity contribution in [2.75, 3.05) is 13.2 Å². The fourth-order valence-corrected chi connectivity index (χ4v) is 3.71. The maximum absolute atomic E-state index is 13.6. The van der Waals surface area contributed by atoms with Crippen LogP contribution in [-0.4, -0.2) is 35.5 Å². The van der Waals surface area contributed by atoms with Crippen LogP contribution in [-0.2, 0) is 40.6 Å². The van der Waals surface area contributed by atoms with E-state index in [4.69, 9.17) is 9.47 Å². The van der Waals surface area contributed by atoms with Crippen molar-refractivity contribution >= 4 is 17.7 Å². The van der Waals surface area contributed by atoms with Crippen molar-refractivity contribution in [3.8, 4) is 0 Å². The molecule has 1 aliphatic carbocycles. The Morgan fingerprint density at radius 1 is 1.14 bits per heavy atom. The number of halogens is 1. The molecule has 7 heteroatoms. The Kier molecular flexibility index (Phi) is 5.63. The monoisotopic (exact) mass is 387 g/mol. The highest BCUT2D eigenvalue weighted by Gasteiger charge is 2.33. The van der Waals surface area contributed by atoms with Crippen LogP contribution in [0.15, 0.2) is 18.2 Å². The predicted molar refractivity (Wildman–Crippen MR) is 98.9 cm³/mol. The quantitative estimate of drug-likeness (QED) is 0.738. The molecule has 148 valence electrons. The molecule has 0 saturated carbocycles. The van der Waals surface area contributed by atoms with Crippen LogP contribution in [0.3, 0.4) is 0 Å². The first-order chi connectivity index (χ1) is 13.4. The van der Waals surface area contributed by atoms with Crippen LogP contribution in [0.2, 0.25) is 0 Å². The molecule has 3 rings (SSSR count). The van der Waals surface area contributed by atoms with Crippen LogP contribution in [0.5, 0.6) is 0 Å². The minimum absolute atomic E-state index is 0.144. The minimum Gasteiger partial charge on any atom is -0.466 e. The van der Waals surface area contributed by atoms with Gasteiger partial charge in [-0.3, -0.25) is 9.59 Å². The van der Waals surface area contributed by atoms with Gasteiger partial charge in [-0.15, -0.1) is 0 Å². The number of esters is 2. The summed E-state index contributed by atoms with van der Waals surface area (Å²) in [4.78, 5) is 38.0. The summed E-state index contributed by atoms with van der Waals surface area (Å²) in [6.07, 6.45) is 0.623. The van der Waals surface area contributed by atoms with Gasteiger partial charge in [-0.1, -0.05) is 0 Å². The average molecular weight is 387 g/mol. The second-order valence-electron chi connectivity index (χ2n) is 6.54. The third kappa shape index (κ3) is 3.44. The average Bonchev–Trinajstić information content (AvgIpc) is 2.82. The molecule has 0 aliphatic heterocycles. The number of carbonyl (C=O) groups excluding carboxylic acids is 3. The molecule has 0 amide bonds. The maximum Gasteiger partial charge on any atom is 0.340 e. The molecule has 1 aliphatic rings. The van der Waals surface area contributed by atoms with E-state index in [2.05, 4.69) is 0 Å². The summed E-state index contributed by atoms with van der Waals surface area (Å²) in [6.45, 7) is 3.77. The number of hydrogen-bond acceptors (Lipinski definition) is 5. The number of ether oxygens (including phenoxy) is 2. The van der Waals surface area contributed by atoms with Crippen molar-refractivity contribution in [2.45, 2.75) is 33.1 Å². The van der Waals surface area contributed by atoms with E-state index in [1.54, 1.807) is 25.5 Å². The molecule has 2 aromatic rings.